The van der Waals surface area contributed by atoms with E-state index in [0.29, 0.717) is 16.8 Å². The minimum atomic E-state index is -0.358. The standard InChI is InChI=1S/C28H22N2O2/c1-18-13-15-21(16-14-18)25-26(29-22-10-5-7-19(2)17-22)28(32)30(27(25)31)24-12-6-9-20-8-3-4-11-23(20)24/h3-17,29H,1-2H3. The Kier molecular flexibility index (Phi) is 4.83. The summed E-state index contributed by atoms with van der Waals surface area (Å²) < 4.78 is 0. The largest absolute Gasteiger partial charge is 0.350 e. The molecule has 0 radical (unpaired) electrons. The van der Waals surface area contributed by atoms with E-state index in [1.165, 1.54) is 4.90 Å². The van der Waals surface area contributed by atoms with Crippen molar-refractivity contribution in [2.45, 2.75) is 13.8 Å². The van der Waals surface area contributed by atoms with Crippen molar-refractivity contribution in [3.05, 3.63) is 113 Å². The summed E-state index contributed by atoms with van der Waals surface area (Å²) in [6.45, 7) is 3.98. The molecule has 1 heterocycles. The van der Waals surface area contributed by atoms with Crippen LogP contribution in [-0.4, -0.2) is 11.8 Å². The molecule has 0 aromatic heterocycles. The quantitative estimate of drug-likeness (QED) is 0.423. The number of fused-ring (bicyclic) bond motifs is 1. The Balaban J connectivity index is 1.67. The lowest BCUT2D eigenvalue weighted by atomic mass is 10.0. The SMILES string of the molecule is Cc1ccc(C2=C(Nc3cccc(C)c3)C(=O)N(c3cccc4ccccc34)C2=O)cc1. The second kappa shape index (κ2) is 7.82. The third-order valence-corrected chi connectivity index (χ3v) is 5.72. The number of imide groups is 1. The topological polar surface area (TPSA) is 49.4 Å². The molecule has 32 heavy (non-hydrogen) atoms. The van der Waals surface area contributed by atoms with Crippen LogP contribution < -0.4 is 10.2 Å². The molecule has 1 N–H and O–H groups in total. The third kappa shape index (κ3) is 3.36. The van der Waals surface area contributed by atoms with Crippen molar-refractivity contribution in [3.8, 4) is 0 Å². The highest BCUT2D eigenvalue weighted by atomic mass is 16.2. The van der Waals surface area contributed by atoms with Crippen molar-refractivity contribution in [1.82, 2.24) is 0 Å². The van der Waals surface area contributed by atoms with Crippen LogP contribution in [0.25, 0.3) is 16.3 Å². The van der Waals surface area contributed by atoms with Crippen LogP contribution in [0.4, 0.5) is 11.4 Å². The van der Waals surface area contributed by atoms with Gasteiger partial charge in [-0.15, -0.1) is 0 Å². The number of nitrogens with one attached hydrogen (secondary N) is 1. The Bertz CT molecular complexity index is 1400. The third-order valence-electron chi connectivity index (χ3n) is 5.72. The molecule has 156 valence electrons. The Morgan fingerprint density at radius 2 is 1.41 bits per heavy atom. The molecule has 0 fully saturated rings. The first-order valence-electron chi connectivity index (χ1n) is 10.5. The number of hydrogen-bond acceptors (Lipinski definition) is 3. The van der Waals surface area contributed by atoms with Crippen molar-refractivity contribution in [3.63, 3.8) is 0 Å². The highest BCUT2D eigenvalue weighted by molar-refractivity contribution is 6.47. The second-order valence-corrected chi connectivity index (χ2v) is 8.05. The van der Waals surface area contributed by atoms with Crippen molar-refractivity contribution in [2.75, 3.05) is 10.2 Å². The van der Waals surface area contributed by atoms with Gasteiger partial charge in [-0.3, -0.25) is 9.59 Å². The molecule has 0 bridgehead atoms. The minimum Gasteiger partial charge on any atom is -0.350 e. The van der Waals surface area contributed by atoms with Crippen LogP contribution >= 0.6 is 0 Å². The molecule has 0 saturated carbocycles. The maximum atomic E-state index is 13.7. The first kappa shape index (κ1) is 19.8. The molecule has 4 nitrogen and oxygen atoms in total. The van der Waals surface area contributed by atoms with E-state index in [1.807, 2.05) is 105 Å². The summed E-state index contributed by atoms with van der Waals surface area (Å²) in [6.07, 6.45) is 0. The van der Waals surface area contributed by atoms with Crippen molar-refractivity contribution in [2.24, 2.45) is 0 Å². The van der Waals surface area contributed by atoms with Crippen LogP contribution in [0.5, 0.6) is 0 Å². The molecule has 1 aliphatic heterocycles. The predicted octanol–water partition coefficient (Wildman–Crippen LogP) is 5.85. The molecule has 1 aliphatic rings. The summed E-state index contributed by atoms with van der Waals surface area (Å²) in [7, 11) is 0. The van der Waals surface area contributed by atoms with E-state index in [0.717, 1.165) is 27.6 Å². The summed E-state index contributed by atoms with van der Waals surface area (Å²) in [4.78, 5) is 28.7. The van der Waals surface area contributed by atoms with Gasteiger partial charge < -0.3 is 5.32 Å². The number of nitrogens with zero attached hydrogens (tertiary/aromatic N) is 1. The van der Waals surface area contributed by atoms with Crippen LogP contribution in [0, 0.1) is 13.8 Å². The van der Waals surface area contributed by atoms with Gasteiger partial charge in [0.05, 0.1) is 11.3 Å². The van der Waals surface area contributed by atoms with Crippen LogP contribution in [0.2, 0.25) is 0 Å². The maximum absolute atomic E-state index is 13.7. The fourth-order valence-corrected chi connectivity index (χ4v) is 4.12. The molecule has 5 rings (SSSR count). The summed E-state index contributed by atoms with van der Waals surface area (Å²) in [5, 5.41) is 5.07. The van der Waals surface area contributed by atoms with Gasteiger partial charge in [-0.25, -0.2) is 4.90 Å². The lowest BCUT2D eigenvalue weighted by Crippen LogP contribution is -2.32. The Morgan fingerprint density at radius 1 is 0.688 bits per heavy atom. The Hall–Kier alpha value is -4.18. The number of aryl methyl sites for hydroxylation is 2. The van der Waals surface area contributed by atoms with Crippen LogP contribution in [0.1, 0.15) is 16.7 Å². The molecule has 0 saturated heterocycles. The summed E-state index contributed by atoms with van der Waals surface area (Å²) in [6, 6.07) is 28.9. The zero-order valence-electron chi connectivity index (χ0n) is 17.9. The van der Waals surface area contributed by atoms with E-state index in [2.05, 4.69) is 5.32 Å². The van der Waals surface area contributed by atoms with Gasteiger partial charge >= 0.3 is 0 Å². The second-order valence-electron chi connectivity index (χ2n) is 8.05. The number of amides is 2. The smallest absolute Gasteiger partial charge is 0.282 e. The highest BCUT2D eigenvalue weighted by Gasteiger charge is 2.40. The van der Waals surface area contributed by atoms with Gasteiger partial charge in [0.1, 0.15) is 5.70 Å². The van der Waals surface area contributed by atoms with Gasteiger partial charge in [-0.05, 0) is 48.6 Å². The molecule has 4 aromatic rings. The highest BCUT2D eigenvalue weighted by Crippen LogP contribution is 2.37. The van der Waals surface area contributed by atoms with Crippen molar-refractivity contribution < 1.29 is 9.59 Å². The monoisotopic (exact) mass is 418 g/mol. The average Bonchev–Trinajstić information content (AvgIpc) is 3.03. The van der Waals surface area contributed by atoms with Crippen LogP contribution in [0.3, 0.4) is 0 Å². The minimum absolute atomic E-state index is 0.289. The molecular formula is C28H22N2O2. The van der Waals surface area contributed by atoms with E-state index in [1.54, 1.807) is 0 Å². The molecule has 4 heteroatoms. The number of anilines is 2. The van der Waals surface area contributed by atoms with Crippen molar-refractivity contribution >= 4 is 39.5 Å². The number of benzene rings is 4. The molecule has 0 aliphatic carbocycles. The number of carbonyl (C=O) groups excluding carboxylic acids is 2. The van der Waals surface area contributed by atoms with Gasteiger partial charge in [0.2, 0.25) is 0 Å². The summed E-state index contributed by atoms with van der Waals surface area (Å²) in [5.74, 6) is -0.686. The lowest BCUT2D eigenvalue weighted by molar-refractivity contribution is -0.120. The van der Waals surface area contributed by atoms with Gasteiger partial charge in [0, 0.05) is 11.1 Å². The Morgan fingerprint density at radius 3 is 2.19 bits per heavy atom. The van der Waals surface area contributed by atoms with Gasteiger partial charge in [0.25, 0.3) is 11.8 Å². The van der Waals surface area contributed by atoms with Gasteiger partial charge in [-0.2, -0.15) is 0 Å². The van der Waals surface area contributed by atoms with Crippen molar-refractivity contribution in [1.29, 1.82) is 0 Å². The number of carbonyl (C=O) groups is 2. The van der Waals surface area contributed by atoms with Gasteiger partial charge in [-0.1, -0.05) is 78.4 Å². The molecule has 0 unspecified atom stereocenters. The van der Waals surface area contributed by atoms with E-state index in [9.17, 15) is 9.59 Å². The molecular weight excluding hydrogens is 396 g/mol. The fraction of sp³-hybridized carbons (Fsp3) is 0.0714. The number of hydrogen-bond donors (Lipinski definition) is 1. The first-order chi connectivity index (χ1) is 15.5. The predicted molar refractivity (Wildman–Crippen MR) is 129 cm³/mol. The summed E-state index contributed by atoms with van der Waals surface area (Å²) in [5.41, 5.74) is 4.89. The summed E-state index contributed by atoms with van der Waals surface area (Å²) >= 11 is 0. The average molecular weight is 418 g/mol. The first-order valence-corrected chi connectivity index (χ1v) is 10.5. The van der Waals surface area contributed by atoms with Crippen LogP contribution in [0.15, 0.2) is 96.7 Å². The van der Waals surface area contributed by atoms with E-state index < -0.39 is 0 Å². The van der Waals surface area contributed by atoms with E-state index >= 15 is 0 Å². The molecule has 0 spiro atoms. The Labute approximate surface area is 186 Å². The maximum Gasteiger partial charge on any atom is 0.282 e. The molecule has 0 atom stereocenters. The lowest BCUT2D eigenvalue weighted by Gasteiger charge is -2.18. The fourth-order valence-electron chi connectivity index (χ4n) is 4.12. The molecule has 2 amide bonds. The van der Waals surface area contributed by atoms with E-state index in [-0.39, 0.29) is 17.5 Å². The zero-order valence-corrected chi connectivity index (χ0v) is 17.9. The zero-order chi connectivity index (χ0) is 22.2. The number of rotatable bonds is 4. The van der Waals surface area contributed by atoms with Gasteiger partial charge in [0.15, 0.2) is 0 Å². The molecule has 4 aromatic carbocycles. The van der Waals surface area contributed by atoms with E-state index in [4.69, 9.17) is 0 Å². The van der Waals surface area contributed by atoms with Crippen LogP contribution in [-0.2, 0) is 9.59 Å². The normalized spacial score (nSPS) is 13.9.